The summed E-state index contributed by atoms with van der Waals surface area (Å²) in [4.78, 5) is 11.7. The number of carbonyl (C=O) groups excluding carboxylic acids is 1. The Bertz CT molecular complexity index is 738. The predicted molar refractivity (Wildman–Crippen MR) is 78.7 cm³/mol. The maximum atomic E-state index is 11.7. The first kappa shape index (κ1) is 13.4. The summed E-state index contributed by atoms with van der Waals surface area (Å²) < 4.78 is 11.0. The van der Waals surface area contributed by atoms with Gasteiger partial charge in [0.05, 0.1) is 12.1 Å². The van der Waals surface area contributed by atoms with E-state index in [4.69, 9.17) is 8.94 Å². The molecule has 1 aromatic carbocycles. The smallest absolute Gasteiger partial charge is 0.226 e. The maximum Gasteiger partial charge on any atom is 0.226 e. The van der Waals surface area contributed by atoms with Crippen LogP contribution in [-0.4, -0.2) is 17.1 Å². The first-order valence-electron chi connectivity index (χ1n) is 6.86. The molecule has 3 aromatic rings. The minimum absolute atomic E-state index is 0.0746. The number of nitrogens with one attached hydrogen (secondary N) is 1. The monoisotopic (exact) mass is 284 g/mol. The van der Waals surface area contributed by atoms with E-state index in [2.05, 4.69) is 10.5 Å². The summed E-state index contributed by atoms with van der Waals surface area (Å²) in [6, 6.07) is 11.5. The number of rotatable bonds is 4. The number of hydrogen-bond acceptors (Lipinski definition) is 4. The molecule has 0 atom stereocenters. The maximum absolute atomic E-state index is 11.7. The number of fused-ring (bicyclic) bond motifs is 1. The van der Waals surface area contributed by atoms with Crippen LogP contribution in [0.25, 0.3) is 22.5 Å². The topological polar surface area (TPSA) is 68.3 Å². The van der Waals surface area contributed by atoms with Crippen molar-refractivity contribution in [3.05, 3.63) is 42.1 Å². The van der Waals surface area contributed by atoms with Crippen molar-refractivity contribution < 1.29 is 13.7 Å². The van der Waals surface area contributed by atoms with Gasteiger partial charge in [0.2, 0.25) is 11.7 Å². The second-order valence-corrected chi connectivity index (χ2v) is 5.23. The minimum Gasteiger partial charge on any atom is -0.453 e. The summed E-state index contributed by atoms with van der Waals surface area (Å²) in [6.07, 6.45) is 0.196. The average molecular weight is 284 g/mol. The Morgan fingerprint density at radius 3 is 2.81 bits per heavy atom. The van der Waals surface area contributed by atoms with Crippen LogP contribution in [0.3, 0.4) is 0 Å². The van der Waals surface area contributed by atoms with Gasteiger partial charge in [0.25, 0.3) is 0 Å². The van der Waals surface area contributed by atoms with Gasteiger partial charge in [-0.25, -0.2) is 0 Å². The summed E-state index contributed by atoms with van der Waals surface area (Å²) in [5.41, 5.74) is 1.38. The molecule has 0 aliphatic heterocycles. The Morgan fingerprint density at radius 2 is 2.05 bits per heavy atom. The van der Waals surface area contributed by atoms with Gasteiger partial charge in [0.15, 0.2) is 5.76 Å². The number of carbonyl (C=O) groups is 1. The number of nitrogens with zero attached hydrogens (tertiary/aromatic N) is 1. The molecule has 0 unspecified atom stereocenters. The molecule has 1 amide bonds. The lowest BCUT2D eigenvalue weighted by molar-refractivity contribution is -0.121. The van der Waals surface area contributed by atoms with E-state index in [0.717, 1.165) is 11.0 Å². The number of aromatic nitrogens is 1. The third-order valence-electron chi connectivity index (χ3n) is 3.02. The lowest BCUT2D eigenvalue weighted by Gasteiger charge is -2.05. The molecule has 0 aliphatic rings. The van der Waals surface area contributed by atoms with Gasteiger partial charge in [0, 0.05) is 17.5 Å². The molecule has 0 fully saturated rings. The number of amides is 1. The Hall–Kier alpha value is -2.56. The fourth-order valence-corrected chi connectivity index (χ4v) is 2.15. The SMILES string of the molecule is CC(C)NC(=O)Cc1cc(-c2cc3ccccc3o2)on1. The zero-order chi connectivity index (χ0) is 14.8. The van der Waals surface area contributed by atoms with E-state index in [1.54, 1.807) is 6.07 Å². The van der Waals surface area contributed by atoms with Crippen molar-refractivity contribution in [3.63, 3.8) is 0 Å². The van der Waals surface area contributed by atoms with Crippen LogP contribution < -0.4 is 5.32 Å². The van der Waals surface area contributed by atoms with Crippen LogP contribution in [0.1, 0.15) is 19.5 Å². The number of benzene rings is 1. The molecule has 0 bridgehead atoms. The van der Waals surface area contributed by atoms with Gasteiger partial charge in [0.1, 0.15) is 5.58 Å². The molecule has 3 rings (SSSR count). The molecule has 2 aromatic heterocycles. The second kappa shape index (κ2) is 5.44. The van der Waals surface area contributed by atoms with Crippen LogP contribution in [0.15, 0.2) is 45.3 Å². The molecule has 0 radical (unpaired) electrons. The van der Waals surface area contributed by atoms with Crippen molar-refractivity contribution in [1.29, 1.82) is 0 Å². The normalized spacial score (nSPS) is 11.2. The largest absolute Gasteiger partial charge is 0.453 e. The molecule has 0 aliphatic carbocycles. The van der Waals surface area contributed by atoms with Gasteiger partial charge < -0.3 is 14.3 Å². The highest BCUT2D eigenvalue weighted by Gasteiger charge is 2.14. The highest BCUT2D eigenvalue weighted by atomic mass is 16.5. The van der Waals surface area contributed by atoms with Gasteiger partial charge >= 0.3 is 0 Å². The van der Waals surface area contributed by atoms with Gasteiger partial charge in [-0.3, -0.25) is 4.79 Å². The second-order valence-electron chi connectivity index (χ2n) is 5.23. The summed E-state index contributed by atoms with van der Waals surface area (Å²) in [5.74, 6) is 1.06. The van der Waals surface area contributed by atoms with E-state index in [0.29, 0.717) is 17.2 Å². The summed E-state index contributed by atoms with van der Waals surface area (Å²) in [6.45, 7) is 3.83. The van der Waals surface area contributed by atoms with Crippen LogP contribution in [0, 0.1) is 0 Å². The first-order chi connectivity index (χ1) is 10.1. The molecule has 0 saturated carbocycles. The fraction of sp³-hybridized carbons (Fsp3) is 0.250. The molecular formula is C16H16N2O3. The fourth-order valence-electron chi connectivity index (χ4n) is 2.15. The standard InChI is InChI=1S/C16H16N2O3/c1-10(2)17-16(19)9-12-8-15(21-18-12)14-7-11-5-3-4-6-13(11)20-14/h3-8,10H,9H2,1-2H3,(H,17,19). The van der Waals surface area contributed by atoms with Gasteiger partial charge in [-0.15, -0.1) is 0 Å². The predicted octanol–water partition coefficient (Wildman–Crippen LogP) is 3.15. The van der Waals surface area contributed by atoms with Crippen molar-refractivity contribution in [1.82, 2.24) is 10.5 Å². The zero-order valence-corrected chi connectivity index (χ0v) is 11.9. The Balaban J connectivity index is 1.79. The first-order valence-corrected chi connectivity index (χ1v) is 6.86. The Morgan fingerprint density at radius 1 is 1.24 bits per heavy atom. The lowest BCUT2D eigenvalue weighted by atomic mass is 10.2. The van der Waals surface area contributed by atoms with Crippen LogP contribution in [0.4, 0.5) is 0 Å². The number of hydrogen-bond donors (Lipinski definition) is 1. The summed E-state index contributed by atoms with van der Waals surface area (Å²) in [7, 11) is 0. The van der Waals surface area contributed by atoms with Crippen molar-refractivity contribution in [2.75, 3.05) is 0 Å². The number of para-hydroxylation sites is 1. The molecule has 2 heterocycles. The van der Waals surface area contributed by atoms with E-state index in [1.807, 2.05) is 44.2 Å². The van der Waals surface area contributed by atoms with Crippen LogP contribution in [0.5, 0.6) is 0 Å². The van der Waals surface area contributed by atoms with Gasteiger partial charge in [-0.1, -0.05) is 23.4 Å². The molecule has 21 heavy (non-hydrogen) atoms. The minimum atomic E-state index is -0.0746. The Labute approximate surface area is 121 Å². The highest BCUT2D eigenvalue weighted by molar-refractivity contribution is 5.82. The third-order valence-corrected chi connectivity index (χ3v) is 3.02. The number of furan rings is 1. The molecule has 0 spiro atoms. The molecule has 5 nitrogen and oxygen atoms in total. The van der Waals surface area contributed by atoms with Crippen LogP contribution in [-0.2, 0) is 11.2 Å². The molecule has 1 N–H and O–H groups in total. The van der Waals surface area contributed by atoms with Crippen LogP contribution in [0.2, 0.25) is 0 Å². The molecular weight excluding hydrogens is 268 g/mol. The average Bonchev–Trinajstić information content (AvgIpc) is 3.03. The molecule has 5 heteroatoms. The summed E-state index contributed by atoms with van der Waals surface area (Å²) in [5, 5.41) is 7.73. The highest BCUT2D eigenvalue weighted by Crippen LogP contribution is 2.28. The van der Waals surface area contributed by atoms with E-state index >= 15 is 0 Å². The lowest BCUT2D eigenvalue weighted by Crippen LogP contribution is -2.31. The third kappa shape index (κ3) is 2.97. The zero-order valence-electron chi connectivity index (χ0n) is 11.9. The Kier molecular flexibility index (Phi) is 3.48. The molecule has 0 saturated heterocycles. The quantitative estimate of drug-likeness (QED) is 0.799. The van der Waals surface area contributed by atoms with E-state index < -0.39 is 0 Å². The van der Waals surface area contributed by atoms with Crippen molar-refractivity contribution in [2.24, 2.45) is 0 Å². The van der Waals surface area contributed by atoms with Gasteiger partial charge in [-0.2, -0.15) is 0 Å². The van der Waals surface area contributed by atoms with Crippen LogP contribution >= 0.6 is 0 Å². The van der Waals surface area contributed by atoms with Gasteiger partial charge in [-0.05, 0) is 26.0 Å². The van der Waals surface area contributed by atoms with E-state index in [1.165, 1.54) is 0 Å². The summed E-state index contributed by atoms with van der Waals surface area (Å²) >= 11 is 0. The van der Waals surface area contributed by atoms with E-state index in [-0.39, 0.29) is 18.4 Å². The van der Waals surface area contributed by atoms with E-state index in [9.17, 15) is 4.79 Å². The van der Waals surface area contributed by atoms with Crippen molar-refractivity contribution in [2.45, 2.75) is 26.3 Å². The van der Waals surface area contributed by atoms with Crippen molar-refractivity contribution >= 4 is 16.9 Å². The molecule has 108 valence electrons. The van der Waals surface area contributed by atoms with Crippen molar-refractivity contribution in [3.8, 4) is 11.5 Å².